The molecule has 0 aliphatic rings. The van der Waals surface area contributed by atoms with Crippen molar-refractivity contribution in [2.24, 2.45) is 0 Å². The molecule has 0 aromatic heterocycles. The number of hydrogen-bond donors (Lipinski definition) is 0. The Kier molecular flexibility index (Phi) is 39.5. The van der Waals surface area contributed by atoms with Gasteiger partial charge in [0.1, 0.15) is 0 Å². The molecule has 2 nitrogen and oxygen atoms in total. The predicted octanol–water partition coefficient (Wildman–Crippen LogP) is 3.23. The zero-order valence-electron chi connectivity index (χ0n) is 11.3. The summed E-state index contributed by atoms with van der Waals surface area (Å²) in [6, 6.07) is 0. The summed E-state index contributed by atoms with van der Waals surface area (Å²) < 4.78 is 0. The van der Waals surface area contributed by atoms with Gasteiger partial charge in [-0.2, -0.15) is 0 Å². The minimum Gasteiger partial charge on any atom is -0.281 e. The van der Waals surface area contributed by atoms with Crippen molar-refractivity contribution in [3.63, 3.8) is 0 Å². The zero-order valence-corrected chi connectivity index (χ0v) is 14.0. The van der Waals surface area contributed by atoms with E-state index in [1.165, 1.54) is 24.6 Å². The van der Waals surface area contributed by atoms with Crippen LogP contribution in [0.5, 0.6) is 0 Å². The number of carbonyl (C=O) groups excluding carboxylic acids is 2. The van der Waals surface area contributed by atoms with Gasteiger partial charge >= 0.3 is 0 Å². The average Bonchev–Trinajstić information content (AvgIpc) is 2.40. The molecule has 0 unspecified atom stereocenters. The van der Waals surface area contributed by atoms with Crippen molar-refractivity contribution >= 4 is 29.4 Å². The first-order valence-electron chi connectivity index (χ1n) is 5.63. The molecule has 0 fully saturated rings. The summed E-state index contributed by atoms with van der Waals surface area (Å²) in [6.45, 7) is 18.4. The van der Waals surface area contributed by atoms with Crippen LogP contribution in [0.15, 0.2) is 0 Å². The van der Waals surface area contributed by atoms with Crippen molar-refractivity contribution in [1.29, 1.82) is 0 Å². The van der Waals surface area contributed by atoms with Crippen LogP contribution >= 0.6 is 15.8 Å². The van der Waals surface area contributed by atoms with Gasteiger partial charge in [-0.05, 0) is 37.0 Å². The Bertz CT molecular complexity index is 107. The van der Waals surface area contributed by atoms with E-state index >= 15 is 0 Å². The molecular formula is C12H24NiO2P2. The van der Waals surface area contributed by atoms with Crippen LogP contribution in [-0.4, -0.2) is 50.5 Å². The minimum absolute atomic E-state index is 0. The van der Waals surface area contributed by atoms with Crippen LogP contribution in [0.1, 0.15) is 27.7 Å². The minimum atomic E-state index is 0. The fourth-order valence-corrected chi connectivity index (χ4v) is 5.78. The zero-order chi connectivity index (χ0) is 13.4. The summed E-state index contributed by atoms with van der Waals surface area (Å²) in [5.74, 6) is 0. The third-order valence-electron chi connectivity index (χ3n) is 2.52. The smallest absolute Gasteiger partial charge is 0.281 e. The first kappa shape index (κ1) is 26.3. The van der Waals surface area contributed by atoms with Crippen LogP contribution in [0.2, 0.25) is 0 Å². The standard InChI is InChI=1S/C10H24P2.2CO.Ni/c1-5-11(6-2)9-10-12(7-3)8-4;2*1-2;/h5-10H2,1-4H3;;;. The first-order valence-corrected chi connectivity index (χ1v) is 9.43. The average molecular weight is 321 g/mol. The SMILES string of the molecule is CCP(CC)CCP(CC)CC.[C]=O.[C]=O.[Ni]. The van der Waals surface area contributed by atoms with Gasteiger partial charge in [0.15, 0.2) is 0 Å². The molecule has 4 radical (unpaired) electrons. The Labute approximate surface area is 120 Å². The van der Waals surface area contributed by atoms with Crippen LogP contribution in [0.25, 0.3) is 0 Å². The van der Waals surface area contributed by atoms with Crippen molar-refractivity contribution in [3.05, 3.63) is 0 Å². The Morgan fingerprint density at radius 3 is 0.941 bits per heavy atom. The van der Waals surface area contributed by atoms with E-state index in [-0.39, 0.29) is 16.5 Å². The molecule has 0 amide bonds. The third kappa shape index (κ3) is 19.2. The van der Waals surface area contributed by atoms with E-state index in [1.54, 1.807) is 12.3 Å². The maximum Gasteiger partial charge on any atom is 0.281 e. The Morgan fingerprint density at radius 1 is 0.647 bits per heavy atom. The molecule has 0 rings (SSSR count). The van der Waals surface area contributed by atoms with Crippen molar-refractivity contribution in [2.75, 3.05) is 37.0 Å². The molecule has 5 heteroatoms. The fourth-order valence-electron chi connectivity index (χ4n) is 1.36. The van der Waals surface area contributed by atoms with Crippen LogP contribution < -0.4 is 0 Å². The van der Waals surface area contributed by atoms with E-state index in [1.807, 2.05) is 0 Å². The van der Waals surface area contributed by atoms with E-state index in [4.69, 9.17) is 9.59 Å². The van der Waals surface area contributed by atoms with E-state index in [0.29, 0.717) is 15.8 Å². The molecule has 0 N–H and O–H groups in total. The van der Waals surface area contributed by atoms with E-state index in [2.05, 4.69) is 41.3 Å². The summed E-state index contributed by atoms with van der Waals surface area (Å²) in [7, 11) is 0.832. The molecule has 0 aromatic carbocycles. The fraction of sp³-hybridized carbons (Fsp3) is 0.833. The van der Waals surface area contributed by atoms with Gasteiger partial charge in [-0.1, -0.05) is 27.7 Å². The van der Waals surface area contributed by atoms with Gasteiger partial charge in [0.25, 0.3) is 13.6 Å². The molecular weight excluding hydrogens is 297 g/mol. The summed E-state index contributed by atoms with van der Waals surface area (Å²) in [6.07, 6.45) is 8.89. The molecule has 0 heterocycles. The Balaban J connectivity index is -0.000000152. The van der Waals surface area contributed by atoms with Gasteiger partial charge in [-0.15, -0.1) is 15.8 Å². The second-order valence-corrected chi connectivity index (χ2v) is 9.16. The molecule has 0 saturated heterocycles. The Morgan fingerprint density at radius 2 is 0.824 bits per heavy atom. The number of rotatable bonds is 7. The molecule has 0 aromatic rings. The second-order valence-electron chi connectivity index (χ2n) is 3.05. The van der Waals surface area contributed by atoms with Gasteiger partial charge in [-0.3, -0.25) is 9.59 Å². The van der Waals surface area contributed by atoms with Gasteiger partial charge in [-0.25, -0.2) is 0 Å². The van der Waals surface area contributed by atoms with Gasteiger partial charge in [0.05, 0.1) is 0 Å². The molecule has 0 aliphatic carbocycles. The third-order valence-corrected chi connectivity index (χ3v) is 8.16. The van der Waals surface area contributed by atoms with E-state index < -0.39 is 0 Å². The monoisotopic (exact) mass is 320 g/mol. The van der Waals surface area contributed by atoms with E-state index in [0.717, 1.165) is 0 Å². The Hall–Kier alpha value is 0.694. The van der Waals surface area contributed by atoms with Crippen LogP contribution in [-0.2, 0) is 26.1 Å². The van der Waals surface area contributed by atoms with Crippen LogP contribution in [0.3, 0.4) is 0 Å². The molecule has 104 valence electrons. The maximum absolute atomic E-state index is 7.50. The topological polar surface area (TPSA) is 34.1 Å². The van der Waals surface area contributed by atoms with Crippen molar-refractivity contribution < 1.29 is 26.1 Å². The van der Waals surface area contributed by atoms with Crippen molar-refractivity contribution in [1.82, 2.24) is 0 Å². The van der Waals surface area contributed by atoms with Gasteiger partial charge < -0.3 is 0 Å². The normalized spacial score (nSPS) is 8.59. The second kappa shape index (κ2) is 25.5. The molecule has 0 atom stereocenters. The first-order chi connectivity index (χ1) is 7.78. The molecule has 0 aliphatic heterocycles. The van der Waals surface area contributed by atoms with Gasteiger partial charge in [0, 0.05) is 16.5 Å². The van der Waals surface area contributed by atoms with Crippen LogP contribution in [0.4, 0.5) is 0 Å². The summed E-state index contributed by atoms with van der Waals surface area (Å²) >= 11 is 0. The maximum atomic E-state index is 7.50. The van der Waals surface area contributed by atoms with Crippen molar-refractivity contribution in [2.45, 2.75) is 27.7 Å². The largest absolute Gasteiger partial charge is 0.281 e. The summed E-state index contributed by atoms with van der Waals surface area (Å²) in [4.78, 5) is 15.0. The summed E-state index contributed by atoms with van der Waals surface area (Å²) in [5, 5.41) is 0. The summed E-state index contributed by atoms with van der Waals surface area (Å²) in [5.41, 5.74) is 0. The van der Waals surface area contributed by atoms with E-state index in [9.17, 15) is 0 Å². The molecule has 17 heavy (non-hydrogen) atoms. The van der Waals surface area contributed by atoms with Crippen LogP contribution in [0, 0.1) is 0 Å². The molecule has 0 bridgehead atoms. The molecule has 0 saturated carbocycles. The number of hydrogen-bond acceptors (Lipinski definition) is 2. The predicted molar refractivity (Wildman–Crippen MR) is 77.1 cm³/mol. The van der Waals surface area contributed by atoms with Gasteiger partial charge in [0.2, 0.25) is 0 Å². The van der Waals surface area contributed by atoms with Crippen molar-refractivity contribution in [3.8, 4) is 0 Å². The molecule has 0 spiro atoms. The quantitative estimate of drug-likeness (QED) is 0.533.